The Morgan fingerprint density at radius 1 is 1.14 bits per heavy atom. The molecule has 0 aliphatic heterocycles. The van der Waals surface area contributed by atoms with Crippen LogP contribution in [0.4, 0.5) is 0 Å². The summed E-state index contributed by atoms with van der Waals surface area (Å²) in [7, 11) is 0. The van der Waals surface area contributed by atoms with Crippen LogP contribution in [0, 0.1) is 0 Å². The van der Waals surface area contributed by atoms with E-state index in [1.807, 2.05) is 11.8 Å². The molecule has 0 saturated heterocycles. The van der Waals surface area contributed by atoms with Crippen molar-refractivity contribution < 1.29 is 0 Å². The summed E-state index contributed by atoms with van der Waals surface area (Å²) in [5.41, 5.74) is 0. The van der Waals surface area contributed by atoms with Crippen LogP contribution in [-0.2, 0) is 0 Å². The average Bonchev–Trinajstić information content (AvgIpc) is 2.25. The van der Waals surface area contributed by atoms with Gasteiger partial charge in [-0.2, -0.15) is 0 Å². The van der Waals surface area contributed by atoms with E-state index in [-0.39, 0.29) is 0 Å². The van der Waals surface area contributed by atoms with Crippen molar-refractivity contribution in [2.24, 2.45) is 0 Å². The van der Waals surface area contributed by atoms with Crippen molar-refractivity contribution in [3.05, 3.63) is 30.3 Å². The van der Waals surface area contributed by atoms with Crippen LogP contribution >= 0.6 is 11.8 Å². The highest BCUT2D eigenvalue weighted by Gasteiger charge is 1.91. The molecular formula is C12H19NS. The predicted molar refractivity (Wildman–Crippen MR) is 64.9 cm³/mol. The van der Waals surface area contributed by atoms with E-state index in [9.17, 15) is 0 Å². The van der Waals surface area contributed by atoms with E-state index >= 15 is 0 Å². The number of rotatable bonds is 7. The minimum absolute atomic E-state index is 1.15. The van der Waals surface area contributed by atoms with Crippen molar-refractivity contribution in [3.63, 3.8) is 0 Å². The van der Waals surface area contributed by atoms with Crippen LogP contribution in [0.3, 0.4) is 0 Å². The van der Waals surface area contributed by atoms with Gasteiger partial charge in [0.15, 0.2) is 0 Å². The second kappa shape index (κ2) is 7.89. The zero-order chi connectivity index (χ0) is 10.1. The topological polar surface area (TPSA) is 12.0 Å². The van der Waals surface area contributed by atoms with E-state index in [2.05, 4.69) is 42.6 Å². The fraction of sp³-hybridized carbons (Fsp3) is 0.500. The van der Waals surface area contributed by atoms with Gasteiger partial charge in [0.25, 0.3) is 0 Å². The smallest absolute Gasteiger partial charge is 0.00719 e. The lowest BCUT2D eigenvalue weighted by molar-refractivity contribution is 0.664. The third kappa shape index (κ3) is 5.30. The highest BCUT2D eigenvalue weighted by atomic mass is 32.2. The van der Waals surface area contributed by atoms with Crippen LogP contribution in [0.2, 0.25) is 0 Å². The average molecular weight is 209 g/mol. The predicted octanol–water partition coefficient (Wildman–Crippen LogP) is 3.17. The van der Waals surface area contributed by atoms with Gasteiger partial charge in [0.1, 0.15) is 0 Å². The quantitative estimate of drug-likeness (QED) is 0.547. The van der Waals surface area contributed by atoms with Gasteiger partial charge in [0.05, 0.1) is 0 Å². The molecule has 0 aliphatic carbocycles. The summed E-state index contributed by atoms with van der Waals surface area (Å²) in [6.45, 7) is 4.50. The third-order valence-corrected chi connectivity index (χ3v) is 3.03. The highest BCUT2D eigenvalue weighted by Crippen LogP contribution is 2.17. The van der Waals surface area contributed by atoms with Gasteiger partial charge in [0.2, 0.25) is 0 Å². The maximum Gasteiger partial charge on any atom is 0.00719 e. The number of thioether (sulfide) groups is 1. The zero-order valence-electron chi connectivity index (χ0n) is 8.83. The first-order valence-electron chi connectivity index (χ1n) is 5.32. The van der Waals surface area contributed by atoms with E-state index < -0.39 is 0 Å². The minimum atomic E-state index is 1.15. The van der Waals surface area contributed by atoms with Crippen LogP contribution in [0.5, 0.6) is 0 Å². The molecule has 0 saturated carbocycles. The standard InChI is InChI=1S/C12H19NS/c1-2-9-13-10-6-11-14-12-7-4-3-5-8-12/h3-5,7-8,13H,2,6,9-11H2,1H3. The Bertz CT molecular complexity index is 223. The Morgan fingerprint density at radius 2 is 1.93 bits per heavy atom. The van der Waals surface area contributed by atoms with E-state index in [4.69, 9.17) is 0 Å². The molecule has 0 radical (unpaired) electrons. The van der Waals surface area contributed by atoms with Gasteiger partial charge in [-0.05, 0) is 43.8 Å². The SMILES string of the molecule is CCCNCCCSc1ccccc1. The molecule has 0 unspecified atom stereocenters. The maximum atomic E-state index is 3.41. The molecule has 0 aliphatic rings. The molecule has 1 nitrogen and oxygen atoms in total. The van der Waals surface area contributed by atoms with Gasteiger partial charge < -0.3 is 5.32 Å². The second-order valence-electron chi connectivity index (χ2n) is 3.27. The number of hydrogen-bond acceptors (Lipinski definition) is 2. The first kappa shape index (κ1) is 11.6. The van der Waals surface area contributed by atoms with Crippen molar-refractivity contribution in [1.82, 2.24) is 5.32 Å². The maximum absolute atomic E-state index is 3.41. The van der Waals surface area contributed by atoms with Crippen LogP contribution in [-0.4, -0.2) is 18.8 Å². The molecular weight excluding hydrogens is 190 g/mol. The Balaban J connectivity index is 1.99. The Morgan fingerprint density at radius 3 is 2.64 bits per heavy atom. The fourth-order valence-electron chi connectivity index (χ4n) is 1.21. The highest BCUT2D eigenvalue weighted by molar-refractivity contribution is 7.99. The molecule has 0 atom stereocenters. The Kier molecular flexibility index (Phi) is 6.54. The van der Waals surface area contributed by atoms with E-state index in [0.29, 0.717) is 0 Å². The van der Waals surface area contributed by atoms with Gasteiger partial charge in [0, 0.05) is 4.90 Å². The molecule has 1 rings (SSSR count). The van der Waals surface area contributed by atoms with Crippen molar-refractivity contribution in [1.29, 1.82) is 0 Å². The number of nitrogens with one attached hydrogen (secondary N) is 1. The van der Waals surface area contributed by atoms with Gasteiger partial charge >= 0.3 is 0 Å². The lowest BCUT2D eigenvalue weighted by Gasteiger charge is -2.02. The van der Waals surface area contributed by atoms with Gasteiger partial charge in [-0.25, -0.2) is 0 Å². The molecule has 1 aromatic rings. The van der Waals surface area contributed by atoms with E-state index in [0.717, 1.165) is 13.1 Å². The first-order chi connectivity index (χ1) is 6.93. The summed E-state index contributed by atoms with van der Waals surface area (Å²) >= 11 is 1.94. The van der Waals surface area contributed by atoms with Gasteiger partial charge in [-0.15, -0.1) is 11.8 Å². The van der Waals surface area contributed by atoms with Crippen molar-refractivity contribution in [2.75, 3.05) is 18.8 Å². The molecule has 0 amide bonds. The first-order valence-corrected chi connectivity index (χ1v) is 6.30. The monoisotopic (exact) mass is 209 g/mol. The third-order valence-electron chi connectivity index (χ3n) is 1.94. The van der Waals surface area contributed by atoms with E-state index in [1.54, 1.807) is 0 Å². The summed E-state index contributed by atoms with van der Waals surface area (Å²) < 4.78 is 0. The lowest BCUT2D eigenvalue weighted by Crippen LogP contribution is -2.16. The molecule has 0 aromatic heterocycles. The van der Waals surface area contributed by atoms with E-state index in [1.165, 1.54) is 23.5 Å². The molecule has 2 heteroatoms. The number of benzene rings is 1. The van der Waals surface area contributed by atoms with Crippen molar-refractivity contribution in [2.45, 2.75) is 24.7 Å². The molecule has 14 heavy (non-hydrogen) atoms. The molecule has 0 bridgehead atoms. The Hall–Kier alpha value is -0.470. The molecule has 1 N–H and O–H groups in total. The number of hydrogen-bond donors (Lipinski definition) is 1. The largest absolute Gasteiger partial charge is 0.317 e. The van der Waals surface area contributed by atoms with Crippen LogP contribution in [0.1, 0.15) is 19.8 Å². The molecule has 78 valence electrons. The summed E-state index contributed by atoms with van der Waals surface area (Å²) in [5.74, 6) is 1.21. The Labute approximate surface area is 91.3 Å². The zero-order valence-corrected chi connectivity index (χ0v) is 9.65. The van der Waals surface area contributed by atoms with Crippen LogP contribution in [0.25, 0.3) is 0 Å². The lowest BCUT2D eigenvalue weighted by atomic mass is 10.4. The summed E-state index contributed by atoms with van der Waals surface area (Å²) in [4.78, 5) is 1.38. The summed E-state index contributed by atoms with van der Waals surface area (Å²) in [6.07, 6.45) is 2.48. The fourth-order valence-corrected chi connectivity index (χ4v) is 2.08. The van der Waals surface area contributed by atoms with Crippen molar-refractivity contribution >= 4 is 11.8 Å². The molecule has 0 heterocycles. The van der Waals surface area contributed by atoms with Crippen LogP contribution < -0.4 is 5.32 Å². The van der Waals surface area contributed by atoms with Gasteiger partial charge in [-0.3, -0.25) is 0 Å². The minimum Gasteiger partial charge on any atom is -0.317 e. The molecule has 0 spiro atoms. The molecule has 0 fully saturated rings. The normalized spacial score (nSPS) is 10.4. The van der Waals surface area contributed by atoms with Crippen molar-refractivity contribution in [3.8, 4) is 0 Å². The summed E-state index contributed by atoms with van der Waals surface area (Å²) in [6, 6.07) is 10.6. The summed E-state index contributed by atoms with van der Waals surface area (Å²) in [5, 5.41) is 3.41. The second-order valence-corrected chi connectivity index (χ2v) is 4.43. The van der Waals surface area contributed by atoms with Gasteiger partial charge in [-0.1, -0.05) is 25.1 Å². The molecule has 1 aromatic carbocycles. The van der Waals surface area contributed by atoms with Crippen LogP contribution in [0.15, 0.2) is 35.2 Å².